The van der Waals surface area contributed by atoms with Crippen molar-refractivity contribution in [3.63, 3.8) is 0 Å². The van der Waals surface area contributed by atoms with E-state index in [1.165, 1.54) is 28.3 Å². The molecule has 1 atom stereocenters. The molecule has 0 fully saturated rings. The topological polar surface area (TPSA) is 0 Å². The van der Waals surface area contributed by atoms with Crippen LogP contribution in [0.4, 0.5) is 4.39 Å². The first-order valence-electron chi connectivity index (χ1n) is 7.65. The molecule has 21 heavy (non-hydrogen) atoms. The van der Waals surface area contributed by atoms with Crippen molar-refractivity contribution in [3.8, 4) is 0 Å². The van der Waals surface area contributed by atoms with Gasteiger partial charge in [-0.1, -0.05) is 67.0 Å². The number of aryl methyl sites for hydroxylation is 3. The van der Waals surface area contributed by atoms with E-state index in [2.05, 4.69) is 48.8 Å². The first-order valence-corrected chi connectivity index (χ1v) is 8.56. The fourth-order valence-corrected chi connectivity index (χ4v) is 3.76. The van der Waals surface area contributed by atoms with Gasteiger partial charge in [0.25, 0.3) is 0 Å². The first kappa shape index (κ1) is 16.2. The van der Waals surface area contributed by atoms with Gasteiger partial charge >= 0.3 is 0 Å². The molecule has 0 aliphatic heterocycles. The second-order valence-electron chi connectivity index (χ2n) is 5.27. The molecule has 0 bridgehead atoms. The molecule has 0 aliphatic carbocycles. The van der Waals surface area contributed by atoms with E-state index in [1.54, 1.807) is 6.07 Å². The van der Waals surface area contributed by atoms with E-state index < -0.39 is 0 Å². The zero-order chi connectivity index (χ0) is 15.4. The van der Waals surface area contributed by atoms with Crippen LogP contribution < -0.4 is 0 Å². The summed E-state index contributed by atoms with van der Waals surface area (Å²) in [6, 6.07) is 11.6. The molecule has 0 spiro atoms. The summed E-state index contributed by atoms with van der Waals surface area (Å²) in [5.41, 5.74) is 5.95. The van der Waals surface area contributed by atoms with Gasteiger partial charge in [-0.05, 0) is 47.6 Å². The van der Waals surface area contributed by atoms with Gasteiger partial charge in [0.1, 0.15) is 5.82 Å². The number of alkyl halides is 1. The second-order valence-corrected chi connectivity index (χ2v) is 6.19. The SMILES string of the molecule is CCc1cc(CC)c(C(Br)c2ccccc2F)c(CC)c1. The van der Waals surface area contributed by atoms with Crippen molar-refractivity contribution >= 4 is 15.9 Å². The number of halogens is 2. The second kappa shape index (κ2) is 7.22. The highest BCUT2D eigenvalue weighted by atomic mass is 79.9. The fourth-order valence-electron chi connectivity index (χ4n) is 2.80. The minimum absolute atomic E-state index is 0.0884. The Morgan fingerprint density at radius 1 is 0.952 bits per heavy atom. The van der Waals surface area contributed by atoms with Crippen LogP contribution in [-0.4, -0.2) is 0 Å². The summed E-state index contributed by atoms with van der Waals surface area (Å²) in [5.74, 6) is -0.150. The monoisotopic (exact) mass is 348 g/mol. The molecule has 1 unspecified atom stereocenters. The Morgan fingerprint density at radius 2 is 1.52 bits per heavy atom. The van der Waals surface area contributed by atoms with Crippen LogP contribution in [0.25, 0.3) is 0 Å². The average molecular weight is 349 g/mol. The Balaban J connectivity index is 2.59. The minimum Gasteiger partial charge on any atom is -0.207 e. The van der Waals surface area contributed by atoms with Crippen LogP contribution in [0.1, 0.15) is 53.4 Å². The van der Waals surface area contributed by atoms with Crippen molar-refractivity contribution in [1.82, 2.24) is 0 Å². The Morgan fingerprint density at radius 3 is 2.00 bits per heavy atom. The highest BCUT2D eigenvalue weighted by molar-refractivity contribution is 9.09. The van der Waals surface area contributed by atoms with E-state index in [9.17, 15) is 4.39 Å². The lowest BCUT2D eigenvalue weighted by Crippen LogP contribution is -2.06. The molecule has 112 valence electrons. The molecule has 0 amide bonds. The van der Waals surface area contributed by atoms with Gasteiger partial charge in [0, 0.05) is 5.56 Å². The molecule has 0 saturated heterocycles. The number of benzene rings is 2. The lowest BCUT2D eigenvalue weighted by Gasteiger charge is -2.21. The predicted octanol–water partition coefficient (Wildman–Crippen LogP) is 6.00. The molecule has 2 rings (SSSR count). The summed E-state index contributed by atoms with van der Waals surface area (Å²) in [6.45, 7) is 6.51. The van der Waals surface area contributed by atoms with Crippen LogP contribution in [0.3, 0.4) is 0 Å². The summed E-state index contributed by atoms with van der Waals surface area (Å²) in [5, 5.41) is 0. The van der Waals surface area contributed by atoms with Gasteiger partial charge in [-0.15, -0.1) is 0 Å². The maximum Gasteiger partial charge on any atom is 0.127 e. The van der Waals surface area contributed by atoms with Crippen molar-refractivity contribution in [3.05, 3.63) is 70.0 Å². The quantitative estimate of drug-likeness (QED) is 0.581. The maximum absolute atomic E-state index is 14.1. The number of hydrogen-bond acceptors (Lipinski definition) is 0. The largest absolute Gasteiger partial charge is 0.207 e. The molecule has 2 aromatic rings. The van der Waals surface area contributed by atoms with Crippen LogP contribution in [0.2, 0.25) is 0 Å². The lowest BCUT2D eigenvalue weighted by molar-refractivity contribution is 0.613. The summed E-state index contributed by atoms with van der Waals surface area (Å²) in [6.07, 6.45) is 2.96. The summed E-state index contributed by atoms with van der Waals surface area (Å²) in [7, 11) is 0. The van der Waals surface area contributed by atoms with Gasteiger partial charge < -0.3 is 0 Å². The molecule has 0 nitrogen and oxygen atoms in total. The Bertz CT molecular complexity index is 594. The summed E-state index contributed by atoms with van der Waals surface area (Å²) >= 11 is 3.73. The Hall–Kier alpha value is -1.15. The van der Waals surface area contributed by atoms with Crippen molar-refractivity contribution in [2.45, 2.75) is 44.9 Å². The average Bonchev–Trinajstić information content (AvgIpc) is 2.53. The molecular formula is C19H22BrF. The van der Waals surface area contributed by atoms with Crippen LogP contribution in [0.5, 0.6) is 0 Å². The van der Waals surface area contributed by atoms with E-state index in [-0.39, 0.29) is 10.6 Å². The molecule has 0 aromatic heterocycles. The van der Waals surface area contributed by atoms with Gasteiger partial charge in [-0.25, -0.2) is 4.39 Å². The first-order chi connectivity index (χ1) is 10.1. The standard InChI is InChI=1S/C19H22BrF/c1-4-13-11-14(5-2)18(15(6-3)12-13)19(20)16-9-7-8-10-17(16)21/h7-12,19H,4-6H2,1-3H3. The van der Waals surface area contributed by atoms with Gasteiger partial charge in [-0.2, -0.15) is 0 Å². The van der Waals surface area contributed by atoms with Crippen LogP contribution in [0.15, 0.2) is 36.4 Å². The molecular weight excluding hydrogens is 327 g/mol. The van der Waals surface area contributed by atoms with Gasteiger partial charge in [-0.3, -0.25) is 0 Å². The van der Waals surface area contributed by atoms with E-state index in [0.717, 1.165) is 19.3 Å². The van der Waals surface area contributed by atoms with E-state index in [1.807, 2.05) is 12.1 Å². The van der Waals surface area contributed by atoms with Gasteiger partial charge in [0.15, 0.2) is 0 Å². The zero-order valence-electron chi connectivity index (χ0n) is 12.9. The molecule has 2 heteroatoms. The van der Waals surface area contributed by atoms with Crippen molar-refractivity contribution in [2.75, 3.05) is 0 Å². The molecule has 0 heterocycles. The third-order valence-electron chi connectivity index (χ3n) is 4.01. The third-order valence-corrected chi connectivity index (χ3v) is 4.96. The van der Waals surface area contributed by atoms with Crippen molar-refractivity contribution in [2.24, 2.45) is 0 Å². The highest BCUT2D eigenvalue weighted by Gasteiger charge is 2.20. The molecule has 0 N–H and O–H groups in total. The van der Waals surface area contributed by atoms with Crippen LogP contribution in [0, 0.1) is 5.82 Å². The third kappa shape index (κ3) is 3.37. The maximum atomic E-state index is 14.1. The molecule has 0 saturated carbocycles. The minimum atomic E-state index is -0.150. The van der Waals surface area contributed by atoms with Crippen molar-refractivity contribution in [1.29, 1.82) is 0 Å². The van der Waals surface area contributed by atoms with Crippen molar-refractivity contribution < 1.29 is 4.39 Å². The molecule has 0 radical (unpaired) electrons. The Kier molecular flexibility index (Phi) is 5.58. The summed E-state index contributed by atoms with van der Waals surface area (Å²) < 4.78 is 14.1. The van der Waals surface area contributed by atoms with Crippen LogP contribution in [-0.2, 0) is 19.3 Å². The van der Waals surface area contributed by atoms with E-state index in [0.29, 0.717) is 5.56 Å². The molecule has 2 aromatic carbocycles. The van der Waals surface area contributed by atoms with E-state index >= 15 is 0 Å². The Labute approximate surface area is 135 Å². The smallest absolute Gasteiger partial charge is 0.127 e. The van der Waals surface area contributed by atoms with Gasteiger partial charge in [0.05, 0.1) is 4.83 Å². The lowest BCUT2D eigenvalue weighted by atomic mass is 9.89. The number of rotatable bonds is 5. The molecule has 0 aliphatic rings. The fraction of sp³-hybridized carbons (Fsp3) is 0.368. The highest BCUT2D eigenvalue weighted by Crippen LogP contribution is 2.37. The zero-order valence-corrected chi connectivity index (χ0v) is 14.5. The van der Waals surface area contributed by atoms with Gasteiger partial charge in [0.2, 0.25) is 0 Å². The van der Waals surface area contributed by atoms with Crippen LogP contribution >= 0.6 is 15.9 Å². The summed E-state index contributed by atoms with van der Waals surface area (Å²) in [4.78, 5) is -0.0884. The predicted molar refractivity (Wildman–Crippen MR) is 91.7 cm³/mol. The normalized spacial score (nSPS) is 12.4. The number of hydrogen-bond donors (Lipinski definition) is 0. The van der Waals surface area contributed by atoms with E-state index in [4.69, 9.17) is 0 Å².